The number of hydrogen-bond donors (Lipinski definition) is 0. The van der Waals surface area contributed by atoms with Gasteiger partial charge in [-0.25, -0.2) is 4.98 Å². The molecule has 1 aliphatic carbocycles. The van der Waals surface area contributed by atoms with Crippen LogP contribution in [-0.4, -0.2) is 37.2 Å². The molecule has 0 bridgehead atoms. The van der Waals surface area contributed by atoms with Crippen LogP contribution in [0, 0.1) is 0 Å². The largest absolute Gasteiger partial charge is 0.347 e. The number of rotatable bonds is 3. The second-order valence-electron chi connectivity index (χ2n) is 7.74. The smallest absolute Gasteiger partial charge is 0.205 e. The van der Waals surface area contributed by atoms with E-state index >= 15 is 0 Å². The summed E-state index contributed by atoms with van der Waals surface area (Å²) in [5.74, 6) is 2.68. The number of anilines is 1. The number of nitrogens with zero attached hydrogens (tertiary/aromatic N) is 6. The van der Waals surface area contributed by atoms with Gasteiger partial charge >= 0.3 is 0 Å². The van der Waals surface area contributed by atoms with Gasteiger partial charge in [-0.1, -0.05) is 20.8 Å². The topological polar surface area (TPSA) is 59.7 Å². The molecular weight excluding hydrogens is 308 g/mol. The minimum absolute atomic E-state index is 0.0216. The molecule has 2 aliphatic rings. The van der Waals surface area contributed by atoms with Crippen molar-refractivity contribution in [2.24, 2.45) is 0 Å². The van der Waals surface area contributed by atoms with E-state index in [1.165, 1.54) is 30.2 Å². The first-order valence-corrected chi connectivity index (χ1v) is 9.28. The lowest BCUT2D eigenvalue weighted by Crippen LogP contribution is -2.33. The van der Waals surface area contributed by atoms with Gasteiger partial charge in [0, 0.05) is 42.0 Å². The molecule has 0 radical (unpaired) electrons. The Kier molecular flexibility index (Phi) is 3.63. The Bertz CT molecular complexity index is 673. The molecule has 0 amide bonds. The summed E-state index contributed by atoms with van der Waals surface area (Å²) in [6.45, 7) is 8.54. The molecule has 4 rings (SSSR count). The van der Waals surface area contributed by atoms with E-state index in [1.807, 2.05) is 6.33 Å². The van der Waals surface area contributed by atoms with Crippen LogP contribution in [0.25, 0.3) is 0 Å². The second-order valence-corrected chi connectivity index (χ2v) is 8.47. The molecule has 0 atom stereocenters. The number of piperidine rings is 1. The molecule has 0 spiro atoms. The highest BCUT2D eigenvalue weighted by atomic mass is 32.1. The lowest BCUT2D eigenvalue weighted by molar-refractivity contribution is 0.464. The molecule has 1 saturated carbocycles. The molecule has 2 fully saturated rings. The van der Waals surface area contributed by atoms with E-state index in [9.17, 15) is 0 Å². The lowest BCUT2D eigenvalue weighted by atomic mass is 9.96. The molecule has 3 heterocycles. The summed E-state index contributed by atoms with van der Waals surface area (Å²) in [7, 11) is 0. The van der Waals surface area contributed by atoms with Crippen molar-refractivity contribution in [3.8, 4) is 0 Å². The van der Waals surface area contributed by atoms with E-state index in [1.54, 1.807) is 0 Å². The third-order valence-corrected chi connectivity index (χ3v) is 5.53. The van der Waals surface area contributed by atoms with E-state index < -0.39 is 0 Å². The third-order valence-electron chi connectivity index (χ3n) is 4.76. The maximum Gasteiger partial charge on any atom is 0.205 e. The van der Waals surface area contributed by atoms with Crippen LogP contribution in [0.3, 0.4) is 0 Å². The summed E-state index contributed by atoms with van der Waals surface area (Å²) >= 11 is 1.53. The Labute approximate surface area is 141 Å². The van der Waals surface area contributed by atoms with Crippen molar-refractivity contribution in [2.45, 2.75) is 63.8 Å². The standard InChI is InChI=1S/C16H24N6S/c1-16(2,3)14-18-15(23-20-14)21-8-6-11(7-9-21)13-19-17-10-22(13)12-4-5-12/h10-12H,4-9H2,1-3H3. The SMILES string of the molecule is CC(C)(C)c1nsc(N2CCC(c3nncn3C3CC3)CC2)n1. The van der Waals surface area contributed by atoms with Crippen molar-refractivity contribution in [3.63, 3.8) is 0 Å². The van der Waals surface area contributed by atoms with Gasteiger partial charge in [0.25, 0.3) is 0 Å². The second kappa shape index (κ2) is 5.54. The molecule has 0 N–H and O–H groups in total. The molecule has 7 heteroatoms. The van der Waals surface area contributed by atoms with Crippen molar-refractivity contribution in [3.05, 3.63) is 18.0 Å². The molecule has 23 heavy (non-hydrogen) atoms. The van der Waals surface area contributed by atoms with Crippen molar-refractivity contribution < 1.29 is 0 Å². The maximum atomic E-state index is 4.75. The third kappa shape index (κ3) is 2.98. The average Bonchev–Trinajstić information content (AvgIpc) is 3.04. The summed E-state index contributed by atoms with van der Waals surface area (Å²) in [6.07, 6.45) is 6.72. The first-order valence-electron chi connectivity index (χ1n) is 8.51. The van der Waals surface area contributed by atoms with Crippen LogP contribution < -0.4 is 4.90 Å². The lowest BCUT2D eigenvalue weighted by Gasteiger charge is -2.31. The normalized spacial score (nSPS) is 20.2. The van der Waals surface area contributed by atoms with Gasteiger partial charge in [0.2, 0.25) is 5.13 Å². The first kappa shape index (κ1) is 15.1. The van der Waals surface area contributed by atoms with Gasteiger partial charge < -0.3 is 9.47 Å². The van der Waals surface area contributed by atoms with Crippen molar-refractivity contribution in [1.82, 2.24) is 24.1 Å². The Hall–Kier alpha value is -1.50. The summed E-state index contributed by atoms with van der Waals surface area (Å²) in [5.41, 5.74) is 0.0216. The molecule has 124 valence electrons. The fourth-order valence-corrected chi connectivity index (χ4v) is 4.06. The predicted molar refractivity (Wildman–Crippen MR) is 91.1 cm³/mol. The zero-order valence-corrected chi connectivity index (χ0v) is 14.9. The summed E-state index contributed by atoms with van der Waals surface area (Å²) in [6, 6.07) is 0.663. The van der Waals surface area contributed by atoms with Gasteiger partial charge in [-0.15, -0.1) is 10.2 Å². The van der Waals surface area contributed by atoms with Crippen molar-refractivity contribution >= 4 is 16.7 Å². The van der Waals surface area contributed by atoms with Gasteiger partial charge in [-0.3, -0.25) is 0 Å². The molecule has 6 nitrogen and oxygen atoms in total. The van der Waals surface area contributed by atoms with E-state index in [0.717, 1.165) is 36.9 Å². The number of hydrogen-bond acceptors (Lipinski definition) is 6. The van der Waals surface area contributed by atoms with Crippen LogP contribution in [0.4, 0.5) is 5.13 Å². The summed E-state index contributed by atoms with van der Waals surface area (Å²) in [5, 5.41) is 9.62. The molecule has 1 aliphatic heterocycles. The predicted octanol–water partition coefficient (Wildman–Crippen LogP) is 3.15. The molecule has 2 aromatic rings. The monoisotopic (exact) mass is 332 g/mol. The molecule has 2 aromatic heterocycles. The highest BCUT2D eigenvalue weighted by Gasteiger charge is 2.31. The zero-order chi connectivity index (χ0) is 16.0. The van der Waals surface area contributed by atoms with Gasteiger partial charge in [0.05, 0.1) is 0 Å². The Morgan fingerprint density at radius 2 is 1.87 bits per heavy atom. The highest BCUT2D eigenvalue weighted by Crippen LogP contribution is 2.39. The van der Waals surface area contributed by atoms with Crippen LogP contribution in [0.2, 0.25) is 0 Å². The van der Waals surface area contributed by atoms with Crippen LogP contribution in [0.15, 0.2) is 6.33 Å². The first-order chi connectivity index (χ1) is 11.0. The van der Waals surface area contributed by atoms with Gasteiger partial charge in [-0.2, -0.15) is 4.37 Å². The van der Waals surface area contributed by atoms with Gasteiger partial charge in [0.1, 0.15) is 18.0 Å². The number of aromatic nitrogens is 5. The fourth-order valence-electron chi connectivity index (χ4n) is 3.16. The van der Waals surface area contributed by atoms with Gasteiger partial charge in [-0.05, 0) is 25.7 Å². The summed E-state index contributed by atoms with van der Waals surface area (Å²) in [4.78, 5) is 7.13. The van der Waals surface area contributed by atoms with Crippen LogP contribution in [0.1, 0.15) is 70.1 Å². The van der Waals surface area contributed by atoms with E-state index in [4.69, 9.17) is 4.98 Å². The highest BCUT2D eigenvalue weighted by molar-refractivity contribution is 7.09. The Morgan fingerprint density at radius 3 is 2.48 bits per heavy atom. The Balaban J connectivity index is 1.43. The van der Waals surface area contributed by atoms with E-state index in [-0.39, 0.29) is 5.41 Å². The van der Waals surface area contributed by atoms with Crippen molar-refractivity contribution in [2.75, 3.05) is 18.0 Å². The van der Waals surface area contributed by atoms with Crippen LogP contribution in [-0.2, 0) is 5.41 Å². The van der Waals surface area contributed by atoms with E-state index in [0.29, 0.717) is 12.0 Å². The molecule has 1 saturated heterocycles. The zero-order valence-electron chi connectivity index (χ0n) is 14.1. The quantitative estimate of drug-likeness (QED) is 0.864. The molecule has 0 aromatic carbocycles. The van der Waals surface area contributed by atoms with Crippen LogP contribution >= 0.6 is 11.5 Å². The van der Waals surface area contributed by atoms with Crippen molar-refractivity contribution in [1.29, 1.82) is 0 Å². The molecule has 0 unspecified atom stereocenters. The summed E-state index contributed by atoms with van der Waals surface area (Å²) < 4.78 is 6.85. The van der Waals surface area contributed by atoms with E-state index in [2.05, 4.69) is 44.8 Å². The minimum Gasteiger partial charge on any atom is -0.347 e. The van der Waals surface area contributed by atoms with Crippen LogP contribution in [0.5, 0.6) is 0 Å². The molecular formula is C16H24N6S. The fraction of sp³-hybridized carbons (Fsp3) is 0.750. The van der Waals surface area contributed by atoms with Gasteiger partial charge in [0.15, 0.2) is 0 Å². The minimum atomic E-state index is 0.0216. The maximum absolute atomic E-state index is 4.75. The average molecular weight is 332 g/mol. The Morgan fingerprint density at radius 1 is 1.13 bits per heavy atom.